The number of benzene rings is 1. The van der Waals surface area contributed by atoms with Crippen molar-refractivity contribution in [1.82, 2.24) is 5.32 Å². The molecule has 0 saturated heterocycles. The second-order valence-corrected chi connectivity index (χ2v) is 4.38. The summed E-state index contributed by atoms with van der Waals surface area (Å²) in [6.07, 6.45) is 0. The number of ether oxygens (including phenoxy) is 2. The monoisotopic (exact) mass is 223 g/mol. The molecule has 0 spiro atoms. The Morgan fingerprint density at radius 3 is 1.81 bits per heavy atom. The van der Waals surface area contributed by atoms with Gasteiger partial charge in [0, 0.05) is 11.1 Å². The van der Waals surface area contributed by atoms with Gasteiger partial charge in [-0.2, -0.15) is 0 Å². The van der Waals surface area contributed by atoms with Crippen LogP contribution in [0.2, 0.25) is 0 Å². The van der Waals surface area contributed by atoms with E-state index in [1.807, 2.05) is 26.1 Å². The van der Waals surface area contributed by atoms with Gasteiger partial charge in [-0.05, 0) is 45.5 Å². The van der Waals surface area contributed by atoms with Gasteiger partial charge in [-0.3, -0.25) is 0 Å². The highest BCUT2D eigenvalue weighted by Crippen LogP contribution is 2.33. The van der Waals surface area contributed by atoms with Crippen molar-refractivity contribution in [2.24, 2.45) is 0 Å². The van der Waals surface area contributed by atoms with Gasteiger partial charge in [0.25, 0.3) is 0 Å². The third-order valence-electron chi connectivity index (χ3n) is 3.10. The average Bonchev–Trinajstić information content (AvgIpc) is 2.29. The standard InChI is InChI=1S/C13H21NO2/c1-9-11(15-5)7-10(8-12(9)16-6)13(2,3)14-4/h7-8,14H,1-6H3. The maximum atomic E-state index is 5.36. The Morgan fingerprint density at radius 2 is 1.50 bits per heavy atom. The van der Waals surface area contributed by atoms with Crippen LogP contribution < -0.4 is 14.8 Å². The van der Waals surface area contributed by atoms with E-state index in [4.69, 9.17) is 9.47 Å². The first kappa shape index (κ1) is 12.8. The Bertz CT molecular complexity index is 347. The maximum absolute atomic E-state index is 5.36. The average molecular weight is 223 g/mol. The van der Waals surface area contributed by atoms with Gasteiger partial charge in [0.1, 0.15) is 11.5 Å². The summed E-state index contributed by atoms with van der Waals surface area (Å²) < 4.78 is 10.7. The largest absolute Gasteiger partial charge is 0.496 e. The summed E-state index contributed by atoms with van der Waals surface area (Å²) in [6, 6.07) is 4.10. The molecule has 0 aromatic heterocycles. The van der Waals surface area contributed by atoms with E-state index in [2.05, 4.69) is 19.2 Å². The van der Waals surface area contributed by atoms with Crippen molar-refractivity contribution in [3.63, 3.8) is 0 Å². The molecule has 0 fully saturated rings. The van der Waals surface area contributed by atoms with E-state index in [1.54, 1.807) is 14.2 Å². The first-order valence-corrected chi connectivity index (χ1v) is 5.38. The highest BCUT2D eigenvalue weighted by molar-refractivity contribution is 5.48. The van der Waals surface area contributed by atoms with Crippen LogP contribution >= 0.6 is 0 Å². The Hall–Kier alpha value is -1.22. The van der Waals surface area contributed by atoms with Gasteiger partial charge in [0.2, 0.25) is 0 Å². The first-order chi connectivity index (χ1) is 7.46. The summed E-state index contributed by atoms with van der Waals surface area (Å²) in [4.78, 5) is 0. The van der Waals surface area contributed by atoms with Crippen LogP contribution in [0.25, 0.3) is 0 Å². The zero-order valence-corrected chi connectivity index (χ0v) is 11.0. The lowest BCUT2D eigenvalue weighted by molar-refractivity contribution is 0.379. The summed E-state index contributed by atoms with van der Waals surface area (Å²) >= 11 is 0. The van der Waals surface area contributed by atoms with Crippen LogP contribution in [-0.2, 0) is 5.54 Å². The molecule has 0 unspecified atom stereocenters. The molecule has 1 aromatic carbocycles. The second-order valence-electron chi connectivity index (χ2n) is 4.38. The van der Waals surface area contributed by atoms with Crippen LogP contribution in [0.3, 0.4) is 0 Å². The Kier molecular flexibility index (Phi) is 3.81. The topological polar surface area (TPSA) is 30.5 Å². The quantitative estimate of drug-likeness (QED) is 0.850. The van der Waals surface area contributed by atoms with Gasteiger partial charge < -0.3 is 14.8 Å². The molecule has 3 heteroatoms. The van der Waals surface area contributed by atoms with Crippen molar-refractivity contribution in [2.75, 3.05) is 21.3 Å². The van der Waals surface area contributed by atoms with Crippen LogP contribution in [0.4, 0.5) is 0 Å². The van der Waals surface area contributed by atoms with Crippen LogP contribution in [0.15, 0.2) is 12.1 Å². The third-order valence-corrected chi connectivity index (χ3v) is 3.10. The molecule has 0 aliphatic rings. The highest BCUT2D eigenvalue weighted by Gasteiger charge is 2.21. The van der Waals surface area contributed by atoms with Crippen molar-refractivity contribution in [1.29, 1.82) is 0 Å². The van der Waals surface area contributed by atoms with E-state index >= 15 is 0 Å². The molecule has 1 rings (SSSR count). The predicted molar refractivity (Wildman–Crippen MR) is 66.4 cm³/mol. The summed E-state index contributed by atoms with van der Waals surface area (Å²) in [6.45, 7) is 6.24. The predicted octanol–water partition coefficient (Wildman–Crippen LogP) is 2.47. The van der Waals surface area contributed by atoms with Crippen molar-refractivity contribution >= 4 is 0 Å². The van der Waals surface area contributed by atoms with E-state index < -0.39 is 0 Å². The summed E-state index contributed by atoms with van der Waals surface area (Å²) in [5.41, 5.74) is 2.07. The fourth-order valence-corrected chi connectivity index (χ4v) is 1.59. The maximum Gasteiger partial charge on any atom is 0.125 e. The minimum Gasteiger partial charge on any atom is -0.496 e. The molecular weight excluding hydrogens is 202 g/mol. The molecule has 0 saturated carbocycles. The molecular formula is C13H21NO2. The normalized spacial score (nSPS) is 11.4. The van der Waals surface area contributed by atoms with E-state index in [-0.39, 0.29) is 5.54 Å². The van der Waals surface area contributed by atoms with Gasteiger partial charge in [0.05, 0.1) is 14.2 Å². The molecule has 0 heterocycles. The smallest absolute Gasteiger partial charge is 0.125 e. The van der Waals surface area contributed by atoms with Gasteiger partial charge in [-0.1, -0.05) is 0 Å². The molecule has 90 valence electrons. The van der Waals surface area contributed by atoms with Gasteiger partial charge in [-0.15, -0.1) is 0 Å². The lowest BCUT2D eigenvalue weighted by Gasteiger charge is -2.26. The van der Waals surface area contributed by atoms with Crippen molar-refractivity contribution < 1.29 is 9.47 Å². The molecule has 0 aliphatic heterocycles. The number of hydrogen-bond acceptors (Lipinski definition) is 3. The van der Waals surface area contributed by atoms with E-state index in [0.29, 0.717) is 0 Å². The molecule has 1 aromatic rings. The molecule has 0 aliphatic carbocycles. The zero-order chi connectivity index (χ0) is 12.3. The van der Waals surface area contributed by atoms with Gasteiger partial charge in [-0.25, -0.2) is 0 Å². The molecule has 0 amide bonds. The third kappa shape index (κ3) is 2.30. The Balaban J connectivity index is 3.32. The summed E-state index contributed by atoms with van der Waals surface area (Å²) in [7, 11) is 5.30. The van der Waals surface area contributed by atoms with Crippen LogP contribution in [-0.4, -0.2) is 21.3 Å². The first-order valence-electron chi connectivity index (χ1n) is 5.38. The minimum absolute atomic E-state index is 0.103. The number of hydrogen-bond donors (Lipinski definition) is 1. The van der Waals surface area contributed by atoms with Crippen molar-refractivity contribution in [3.8, 4) is 11.5 Å². The SMILES string of the molecule is CNC(C)(C)c1cc(OC)c(C)c(OC)c1. The summed E-state index contributed by atoms with van der Waals surface area (Å²) in [5.74, 6) is 1.72. The summed E-state index contributed by atoms with van der Waals surface area (Å²) in [5, 5.41) is 3.27. The lowest BCUT2D eigenvalue weighted by Crippen LogP contribution is -2.33. The van der Waals surface area contributed by atoms with E-state index in [0.717, 1.165) is 22.6 Å². The molecule has 1 N–H and O–H groups in total. The van der Waals surface area contributed by atoms with Crippen LogP contribution in [0.5, 0.6) is 11.5 Å². The van der Waals surface area contributed by atoms with E-state index in [1.165, 1.54) is 0 Å². The molecule has 3 nitrogen and oxygen atoms in total. The van der Waals surface area contributed by atoms with Crippen molar-refractivity contribution in [2.45, 2.75) is 26.3 Å². The van der Waals surface area contributed by atoms with Crippen LogP contribution in [0, 0.1) is 6.92 Å². The lowest BCUT2D eigenvalue weighted by atomic mass is 9.93. The van der Waals surface area contributed by atoms with E-state index in [9.17, 15) is 0 Å². The van der Waals surface area contributed by atoms with Gasteiger partial charge in [0.15, 0.2) is 0 Å². The molecule has 0 bridgehead atoms. The molecule has 0 radical (unpaired) electrons. The highest BCUT2D eigenvalue weighted by atomic mass is 16.5. The van der Waals surface area contributed by atoms with Crippen molar-refractivity contribution in [3.05, 3.63) is 23.3 Å². The molecule has 0 atom stereocenters. The Morgan fingerprint density at radius 1 is 1.06 bits per heavy atom. The fraction of sp³-hybridized carbons (Fsp3) is 0.538. The number of methoxy groups -OCH3 is 2. The minimum atomic E-state index is -0.103. The number of nitrogens with one attached hydrogen (secondary N) is 1. The van der Waals surface area contributed by atoms with Gasteiger partial charge >= 0.3 is 0 Å². The fourth-order valence-electron chi connectivity index (χ4n) is 1.59. The molecule has 16 heavy (non-hydrogen) atoms. The van der Waals surface area contributed by atoms with Crippen LogP contribution in [0.1, 0.15) is 25.0 Å². The Labute approximate surface area is 97.8 Å². The number of rotatable bonds is 4. The second kappa shape index (κ2) is 4.74. The zero-order valence-electron chi connectivity index (χ0n) is 11.0.